The molecule has 0 aliphatic carbocycles. The molecular formula is C4H10Zn2. The molecule has 0 N–H and O–H groups in total. The van der Waals surface area contributed by atoms with E-state index in [2.05, 4.69) is 13.8 Å². The Bertz CT molecular complexity index is 5.51. The maximum Gasteiger partial charge on any atom is 2.00 e. The Balaban J connectivity index is -0.00000000500. The molecule has 0 fully saturated rings. The zero-order valence-electron chi connectivity index (χ0n) is 4.83. The van der Waals surface area contributed by atoms with Crippen molar-refractivity contribution in [3.05, 3.63) is 13.8 Å². The fraction of sp³-hybridized carbons (Fsp3) is 0.500. The minimum atomic E-state index is 0. The van der Waals surface area contributed by atoms with Gasteiger partial charge in [-0.05, 0) is 0 Å². The molecule has 0 aromatic heterocycles. The van der Waals surface area contributed by atoms with E-state index < -0.39 is 0 Å². The van der Waals surface area contributed by atoms with Crippen LogP contribution in [0.4, 0.5) is 0 Å². The molecule has 0 atom stereocenters. The summed E-state index contributed by atoms with van der Waals surface area (Å²) in [6, 6.07) is 0. The van der Waals surface area contributed by atoms with Gasteiger partial charge in [0, 0.05) is 19.5 Å². The molecule has 0 amide bonds. The van der Waals surface area contributed by atoms with E-state index in [4.69, 9.17) is 0 Å². The SMILES string of the molecule is [CH2-]C.[CH2-]C.[Zn+2].[Zn]. The molecule has 0 rings (SSSR count). The predicted octanol–water partition coefficient (Wildman–Crippen LogP) is 1.68. The number of hydrogen-bond donors (Lipinski definition) is 0. The van der Waals surface area contributed by atoms with Gasteiger partial charge in [-0.1, -0.05) is 0 Å². The molecule has 0 heterocycles. The van der Waals surface area contributed by atoms with Gasteiger partial charge >= 0.3 is 19.5 Å². The third-order valence-electron chi connectivity index (χ3n) is 0. The van der Waals surface area contributed by atoms with Gasteiger partial charge < -0.3 is 13.8 Å². The topological polar surface area (TPSA) is 0 Å². The second kappa shape index (κ2) is 111. The summed E-state index contributed by atoms with van der Waals surface area (Å²) < 4.78 is 0. The van der Waals surface area contributed by atoms with Gasteiger partial charge in [0.1, 0.15) is 0 Å². The summed E-state index contributed by atoms with van der Waals surface area (Å²) in [6.07, 6.45) is 0. The first-order chi connectivity index (χ1) is 2.00. The maximum atomic E-state index is 3.25. The minimum absolute atomic E-state index is 0. The van der Waals surface area contributed by atoms with Crippen molar-refractivity contribution < 1.29 is 39.0 Å². The second-order valence-corrected chi connectivity index (χ2v) is 0. The van der Waals surface area contributed by atoms with Gasteiger partial charge in [-0.15, -0.1) is 0 Å². The van der Waals surface area contributed by atoms with Gasteiger partial charge in [0.15, 0.2) is 0 Å². The van der Waals surface area contributed by atoms with Crippen LogP contribution in [-0.2, 0) is 39.0 Å². The summed E-state index contributed by atoms with van der Waals surface area (Å²) in [4.78, 5) is 0. The Morgan fingerprint density at radius 2 is 0.833 bits per heavy atom. The van der Waals surface area contributed by atoms with Crippen LogP contribution < -0.4 is 0 Å². The first kappa shape index (κ1) is 26.8. The summed E-state index contributed by atoms with van der Waals surface area (Å²) in [5.41, 5.74) is 0. The van der Waals surface area contributed by atoms with E-state index >= 15 is 0 Å². The second-order valence-electron chi connectivity index (χ2n) is 0. The van der Waals surface area contributed by atoms with Crippen LogP contribution in [0.2, 0.25) is 0 Å². The molecule has 30 valence electrons. The van der Waals surface area contributed by atoms with Gasteiger partial charge in [-0.3, -0.25) is 0 Å². The van der Waals surface area contributed by atoms with Crippen molar-refractivity contribution in [1.82, 2.24) is 0 Å². The molecule has 0 unspecified atom stereocenters. The van der Waals surface area contributed by atoms with Crippen molar-refractivity contribution in [1.29, 1.82) is 0 Å². The normalized spacial score (nSPS) is 2.00. The summed E-state index contributed by atoms with van der Waals surface area (Å²) in [5.74, 6) is 0. The van der Waals surface area contributed by atoms with E-state index in [0.717, 1.165) is 0 Å². The average Bonchev–Trinajstić information content (AvgIpc) is 1.50. The summed E-state index contributed by atoms with van der Waals surface area (Å²) in [5, 5.41) is 0. The molecule has 0 bridgehead atoms. The number of hydrogen-bond acceptors (Lipinski definition) is 0. The van der Waals surface area contributed by atoms with Crippen LogP contribution in [0.3, 0.4) is 0 Å². The van der Waals surface area contributed by atoms with Crippen LogP contribution in [0.1, 0.15) is 13.8 Å². The van der Waals surface area contributed by atoms with E-state index in [1.165, 1.54) is 0 Å². The quantitative estimate of drug-likeness (QED) is 0.401. The molecule has 0 aromatic rings. The van der Waals surface area contributed by atoms with Gasteiger partial charge in [-0.2, -0.15) is 13.8 Å². The molecule has 0 spiro atoms. The zero-order chi connectivity index (χ0) is 4.00. The van der Waals surface area contributed by atoms with Crippen molar-refractivity contribution in [3.8, 4) is 0 Å². The Morgan fingerprint density at radius 1 is 0.833 bits per heavy atom. The average molecular weight is 189 g/mol. The standard InChI is InChI=1S/2C2H5.2Zn/c2*1-2;;/h2*1H2,2H3;;/q2*-1;;+2. The smallest absolute Gasteiger partial charge is 0.346 e. The molecule has 0 aliphatic heterocycles. The van der Waals surface area contributed by atoms with Gasteiger partial charge in [0.25, 0.3) is 0 Å². The van der Waals surface area contributed by atoms with Crippen molar-refractivity contribution >= 4 is 0 Å². The Morgan fingerprint density at radius 3 is 0.833 bits per heavy atom. The molecule has 6 heavy (non-hydrogen) atoms. The predicted molar refractivity (Wildman–Crippen MR) is 22.1 cm³/mol. The number of rotatable bonds is 0. The van der Waals surface area contributed by atoms with E-state index in [0.29, 0.717) is 0 Å². The maximum absolute atomic E-state index is 3.25. The minimum Gasteiger partial charge on any atom is -0.346 e. The van der Waals surface area contributed by atoms with Gasteiger partial charge in [0.05, 0.1) is 0 Å². The summed E-state index contributed by atoms with van der Waals surface area (Å²) in [7, 11) is 0. The molecule has 0 aliphatic rings. The van der Waals surface area contributed by atoms with Gasteiger partial charge in [-0.25, -0.2) is 0 Å². The van der Waals surface area contributed by atoms with E-state index in [9.17, 15) is 0 Å². The molecule has 2 heteroatoms. The van der Waals surface area contributed by atoms with Gasteiger partial charge in [0.2, 0.25) is 0 Å². The van der Waals surface area contributed by atoms with Crippen molar-refractivity contribution in [2.45, 2.75) is 13.8 Å². The third-order valence-corrected chi connectivity index (χ3v) is 0. The Labute approximate surface area is 66.6 Å². The molecule has 0 saturated carbocycles. The van der Waals surface area contributed by atoms with Crippen LogP contribution in [0.25, 0.3) is 0 Å². The van der Waals surface area contributed by atoms with Crippen molar-refractivity contribution in [2.75, 3.05) is 0 Å². The largest absolute Gasteiger partial charge is 2.00 e. The van der Waals surface area contributed by atoms with E-state index in [1.807, 2.05) is 0 Å². The van der Waals surface area contributed by atoms with E-state index in [1.54, 1.807) is 13.8 Å². The summed E-state index contributed by atoms with van der Waals surface area (Å²) >= 11 is 0. The van der Waals surface area contributed by atoms with Crippen molar-refractivity contribution in [3.63, 3.8) is 0 Å². The monoisotopic (exact) mass is 186 g/mol. The molecule has 0 saturated heterocycles. The Kier molecular flexibility index (Phi) is 495. The summed E-state index contributed by atoms with van der Waals surface area (Å²) in [6.45, 7) is 10.0. The van der Waals surface area contributed by atoms with E-state index in [-0.39, 0.29) is 39.0 Å². The first-order valence-electron chi connectivity index (χ1n) is 1.41. The third kappa shape index (κ3) is 60.9. The van der Waals surface area contributed by atoms with Crippen LogP contribution in [0.5, 0.6) is 0 Å². The zero-order valence-corrected chi connectivity index (χ0v) is 10.8. The fourth-order valence-corrected chi connectivity index (χ4v) is 0. The molecular weight excluding hydrogens is 179 g/mol. The fourth-order valence-electron chi connectivity index (χ4n) is 0. The van der Waals surface area contributed by atoms with Crippen LogP contribution in [0, 0.1) is 13.8 Å². The molecule has 0 nitrogen and oxygen atoms in total. The molecule has 0 radical (unpaired) electrons. The Hall–Kier alpha value is 1.25. The van der Waals surface area contributed by atoms with Crippen molar-refractivity contribution in [2.24, 2.45) is 0 Å². The first-order valence-corrected chi connectivity index (χ1v) is 1.41. The van der Waals surface area contributed by atoms with Crippen LogP contribution in [-0.4, -0.2) is 0 Å². The van der Waals surface area contributed by atoms with Crippen LogP contribution in [0.15, 0.2) is 0 Å². The van der Waals surface area contributed by atoms with Crippen LogP contribution >= 0.6 is 0 Å². The molecule has 0 aromatic carbocycles.